The molecule has 0 saturated carbocycles. The van der Waals surface area contributed by atoms with Crippen LogP contribution in [0.25, 0.3) is 5.57 Å². The molecule has 1 unspecified atom stereocenters. The van der Waals surface area contributed by atoms with Crippen LogP contribution in [0.1, 0.15) is 33.5 Å². The van der Waals surface area contributed by atoms with Gasteiger partial charge in [0.1, 0.15) is 0 Å². The molecule has 2 aliphatic heterocycles. The first kappa shape index (κ1) is 22.9. The highest BCUT2D eigenvalue weighted by atomic mass is 16.2. The predicted molar refractivity (Wildman–Crippen MR) is 141 cm³/mol. The minimum absolute atomic E-state index is 0.0966. The summed E-state index contributed by atoms with van der Waals surface area (Å²) in [5, 5.41) is 6.35. The largest absolute Gasteiger partial charge is 0.378 e. The molecule has 6 heteroatoms. The van der Waals surface area contributed by atoms with E-state index in [2.05, 4.69) is 28.8 Å². The fourth-order valence-electron chi connectivity index (χ4n) is 4.71. The van der Waals surface area contributed by atoms with Crippen molar-refractivity contribution >= 4 is 28.8 Å². The van der Waals surface area contributed by atoms with Gasteiger partial charge in [-0.05, 0) is 52.9 Å². The lowest BCUT2D eigenvalue weighted by Crippen LogP contribution is -2.39. The fourth-order valence-corrected chi connectivity index (χ4v) is 4.71. The number of fused-ring (bicyclic) bond motifs is 1. The standard InChI is InChI=1S/C29H30N4O2/c1-32(2)26-9-5-8-22(16-26)28(34)27-17-21(14-15-30-27)20-10-12-25(13-11-20)31-29(35)33-18-23-6-3-4-7-24(23)19-33/h3-14,16,27,30H,15,17-19H2,1-2H3,(H,31,35). The highest BCUT2D eigenvalue weighted by Crippen LogP contribution is 2.27. The van der Waals surface area contributed by atoms with Gasteiger partial charge in [0.25, 0.3) is 0 Å². The Morgan fingerprint density at radius 2 is 1.66 bits per heavy atom. The number of carbonyl (C=O) groups excluding carboxylic acids is 2. The Morgan fingerprint density at radius 3 is 2.34 bits per heavy atom. The van der Waals surface area contributed by atoms with Crippen molar-refractivity contribution < 1.29 is 9.59 Å². The Labute approximate surface area is 206 Å². The number of anilines is 2. The average Bonchev–Trinajstić information content (AvgIpc) is 3.33. The maximum absolute atomic E-state index is 13.2. The Kier molecular flexibility index (Phi) is 6.38. The lowest BCUT2D eigenvalue weighted by Gasteiger charge is -2.24. The number of hydrogen-bond donors (Lipinski definition) is 2. The zero-order valence-corrected chi connectivity index (χ0v) is 20.1. The summed E-state index contributed by atoms with van der Waals surface area (Å²) in [7, 11) is 3.94. The SMILES string of the molecule is CN(C)c1cccc(C(=O)C2CC(c3ccc(NC(=O)N4Cc5ccccc5C4)cc3)=CCN2)c1. The number of benzene rings is 3. The number of urea groups is 1. The Bertz CT molecular complexity index is 1250. The van der Waals surface area contributed by atoms with E-state index in [1.807, 2.05) is 84.6 Å². The van der Waals surface area contributed by atoms with Crippen LogP contribution in [0, 0.1) is 0 Å². The Hall–Kier alpha value is -3.90. The smallest absolute Gasteiger partial charge is 0.322 e. The minimum Gasteiger partial charge on any atom is -0.378 e. The summed E-state index contributed by atoms with van der Waals surface area (Å²) in [6.07, 6.45) is 2.76. The molecule has 0 fully saturated rings. The van der Waals surface area contributed by atoms with Crippen LogP contribution < -0.4 is 15.5 Å². The number of nitrogens with zero attached hydrogens (tertiary/aromatic N) is 2. The Morgan fingerprint density at radius 1 is 0.943 bits per heavy atom. The van der Waals surface area contributed by atoms with Crippen LogP contribution in [0.2, 0.25) is 0 Å². The third-order valence-electron chi connectivity index (χ3n) is 6.74. The number of amides is 2. The second-order valence-electron chi connectivity index (χ2n) is 9.34. The summed E-state index contributed by atoms with van der Waals surface area (Å²) in [6, 6.07) is 23.4. The normalized spacial score (nSPS) is 16.9. The fraction of sp³-hybridized carbons (Fsp3) is 0.241. The summed E-state index contributed by atoms with van der Waals surface area (Å²) in [6.45, 7) is 1.91. The van der Waals surface area contributed by atoms with Crippen molar-refractivity contribution in [3.8, 4) is 0 Å². The van der Waals surface area contributed by atoms with E-state index in [4.69, 9.17) is 0 Å². The molecular formula is C29H30N4O2. The lowest BCUT2D eigenvalue weighted by atomic mass is 9.91. The molecule has 1 atom stereocenters. The number of rotatable bonds is 5. The number of ketones is 1. The second-order valence-corrected chi connectivity index (χ2v) is 9.34. The summed E-state index contributed by atoms with van der Waals surface area (Å²) in [5.41, 5.74) is 7.10. The van der Waals surface area contributed by atoms with E-state index in [1.165, 1.54) is 11.1 Å². The zero-order chi connectivity index (χ0) is 24.4. The maximum Gasteiger partial charge on any atom is 0.322 e. The van der Waals surface area contributed by atoms with Crippen molar-refractivity contribution in [2.45, 2.75) is 25.6 Å². The van der Waals surface area contributed by atoms with Crippen LogP contribution in [-0.4, -0.2) is 43.4 Å². The van der Waals surface area contributed by atoms with Gasteiger partial charge in [-0.15, -0.1) is 0 Å². The van der Waals surface area contributed by atoms with Crippen molar-refractivity contribution in [3.63, 3.8) is 0 Å². The van der Waals surface area contributed by atoms with Crippen molar-refractivity contribution in [1.29, 1.82) is 0 Å². The van der Waals surface area contributed by atoms with Crippen LogP contribution >= 0.6 is 0 Å². The van der Waals surface area contributed by atoms with Gasteiger partial charge in [-0.1, -0.05) is 54.6 Å². The molecule has 178 valence electrons. The van der Waals surface area contributed by atoms with Crippen molar-refractivity contribution in [1.82, 2.24) is 10.2 Å². The molecule has 0 saturated heterocycles. The quantitative estimate of drug-likeness (QED) is 0.524. The molecule has 0 aromatic heterocycles. The van der Waals surface area contributed by atoms with Crippen LogP contribution in [-0.2, 0) is 13.1 Å². The van der Waals surface area contributed by atoms with Crippen molar-refractivity contribution in [2.24, 2.45) is 0 Å². The summed E-state index contributed by atoms with van der Waals surface area (Å²) >= 11 is 0. The van der Waals surface area contributed by atoms with Crippen LogP contribution in [0.3, 0.4) is 0 Å². The topological polar surface area (TPSA) is 64.7 Å². The summed E-state index contributed by atoms with van der Waals surface area (Å²) in [5.74, 6) is 0.106. The molecule has 0 radical (unpaired) electrons. The van der Waals surface area contributed by atoms with Gasteiger partial charge in [0.2, 0.25) is 0 Å². The van der Waals surface area contributed by atoms with Crippen LogP contribution in [0.15, 0.2) is 78.9 Å². The van der Waals surface area contributed by atoms with Gasteiger partial charge < -0.3 is 20.4 Å². The van der Waals surface area contributed by atoms with Crippen LogP contribution in [0.5, 0.6) is 0 Å². The first-order chi connectivity index (χ1) is 17.0. The molecule has 0 spiro atoms. The van der Waals surface area contributed by atoms with E-state index in [-0.39, 0.29) is 17.9 Å². The molecular weight excluding hydrogens is 436 g/mol. The van der Waals surface area contributed by atoms with Gasteiger partial charge in [0.05, 0.1) is 6.04 Å². The number of nitrogens with one attached hydrogen (secondary N) is 2. The molecule has 2 N–H and O–H groups in total. The molecule has 2 aliphatic rings. The molecule has 3 aromatic carbocycles. The predicted octanol–water partition coefficient (Wildman–Crippen LogP) is 4.93. The van der Waals surface area contributed by atoms with Gasteiger partial charge in [0.15, 0.2) is 5.78 Å². The molecule has 35 heavy (non-hydrogen) atoms. The van der Waals surface area contributed by atoms with E-state index < -0.39 is 0 Å². The summed E-state index contributed by atoms with van der Waals surface area (Å²) in [4.78, 5) is 29.7. The number of hydrogen-bond acceptors (Lipinski definition) is 4. The first-order valence-corrected chi connectivity index (χ1v) is 11.9. The molecule has 5 rings (SSSR count). The average molecular weight is 467 g/mol. The third-order valence-corrected chi connectivity index (χ3v) is 6.74. The lowest BCUT2D eigenvalue weighted by molar-refractivity contribution is 0.0945. The first-order valence-electron chi connectivity index (χ1n) is 11.9. The molecule has 0 bridgehead atoms. The summed E-state index contributed by atoms with van der Waals surface area (Å²) < 4.78 is 0. The van der Waals surface area contributed by atoms with Gasteiger partial charge in [-0.2, -0.15) is 0 Å². The third kappa shape index (κ3) is 4.98. The Balaban J connectivity index is 1.22. The monoisotopic (exact) mass is 466 g/mol. The van der Waals surface area contributed by atoms with Gasteiger partial charge >= 0.3 is 6.03 Å². The van der Waals surface area contributed by atoms with E-state index in [0.717, 1.165) is 28.1 Å². The molecule has 3 aromatic rings. The van der Waals surface area contributed by atoms with E-state index >= 15 is 0 Å². The van der Waals surface area contributed by atoms with E-state index in [9.17, 15) is 9.59 Å². The molecule has 0 aliphatic carbocycles. The molecule has 2 heterocycles. The van der Waals surface area contributed by atoms with Gasteiger partial charge in [-0.25, -0.2) is 4.79 Å². The van der Waals surface area contributed by atoms with E-state index in [1.54, 1.807) is 0 Å². The van der Waals surface area contributed by atoms with Gasteiger partial charge in [0, 0.05) is 50.7 Å². The molecule has 2 amide bonds. The van der Waals surface area contributed by atoms with Crippen molar-refractivity contribution in [2.75, 3.05) is 30.9 Å². The maximum atomic E-state index is 13.2. The number of Topliss-reactive ketones (excluding diaryl/α,β-unsaturated/α-hetero) is 1. The van der Waals surface area contributed by atoms with Gasteiger partial charge in [-0.3, -0.25) is 4.79 Å². The number of carbonyl (C=O) groups is 2. The van der Waals surface area contributed by atoms with Crippen LogP contribution in [0.4, 0.5) is 16.2 Å². The minimum atomic E-state index is -0.261. The zero-order valence-electron chi connectivity index (χ0n) is 20.1. The second kappa shape index (κ2) is 9.76. The van der Waals surface area contributed by atoms with Crippen molar-refractivity contribution in [3.05, 3.63) is 101 Å². The molecule has 6 nitrogen and oxygen atoms in total. The highest BCUT2D eigenvalue weighted by Gasteiger charge is 2.25. The van der Waals surface area contributed by atoms with E-state index in [0.29, 0.717) is 26.1 Å². The highest BCUT2D eigenvalue weighted by molar-refractivity contribution is 6.02.